The van der Waals surface area contributed by atoms with Crippen molar-refractivity contribution in [2.24, 2.45) is 0 Å². The SMILES string of the molecule is CC(=O)Oc1ccc(C2Cc3ccc(C)cc3OC2C)cc1. The number of hydrogen-bond acceptors (Lipinski definition) is 3. The summed E-state index contributed by atoms with van der Waals surface area (Å²) < 4.78 is 11.2. The van der Waals surface area contributed by atoms with E-state index in [1.165, 1.54) is 23.6 Å². The summed E-state index contributed by atoms with van der Waals surface area (Å²) in [7, 11) is 0. The number of hydrogen-bond donors (Lipinski definition) is 0. The van der Waals surface area contributed by atoms with E-state index in [4.69, 9.17) is 9.47 Å². The van der Waals surface area contributed by atoms with Gasteiger partial charge in [0.25, 0.3) is 0 Å². The van der Waals surface area contributed by atoms with Crippen LogP contribution in [0.25, 0.3) is 0 Å². The highest BCUT2D eigenvalue weighted by molar-refractivity contribution is 5.69. The lowest BCUT2D eigenvalue weighted by molar-refractivity contribution is -0.131. The van der Waals surface area contributed by atoms with Crippen LogP contribution >= 0.6 is 0 Å². The molecule has 2 aromatic carbocycles. The predicted molar refractivity (Wildman–Crippen MR) is 85.5 cm³/mol. The van der Waals surface area contributed by atoms with Gasteiger partial charge in [-0.15, -0.1) is 0 Å². The van der Waals surface area contributed by atoms with Gasteiger partial charge in [-0.3, -0.25) is 4.79 Å². The average molecular weight is 296 g/mol. The van der Waals surface area contributed by atoms with Gasteiger partial charge in [-0.2, -0.15) is 0 Å². The minimum atomic E-state index is -0.300. The summed E-state index contributed by atoms with van der Waals surface area (Å²) in [6.45, 7) is 5.59. The van der Waals surface area contributed by atoms with Crippen molar-refractivity contribution >= 4 is 5.97 Å². The van der Waals surface area contributed by atoms with Crippen molar-refractivity contribution in [2.45, 2.75) is 39.2 Å². The van der Waals surface area contributed by atoms with E-state index >= 15 is 0 Å². The minimum absolute atomic E-state index is 0.119. The van der Waals surface area contributed by atoms with Gasteiger partial charge in [-0.1, -0.05) is 24.3 Å². The summed E-state index contributed by atoms with van der Waals surface area (Å²) >= 11 is 0. The molecule has 114 valence electrons. The lowest BCUT2D eigenvalue weighted by Gasteiger charge is -2.32. The van der Waals surface area contributed by atoms with Gasteiger partial charge in [0.1, 0.15) is 17.6 Å². The first-order valence-electron chi connectivity index (χ1n) is 7.57. The lowest BCUT2D eigenvalue weighted by atomic mass is 9.85. The third-order valence-corrected chi connectivity index (χ3v) is 4.11. The molecule has 0 aliphatic carbocycles. The second kappa shape index (κ2) is 5.84. The third kappa shape index (κ3) is 2.98. The Bertz CT molecular complexity index is 688. The molecule has 0 aromatic heterocycles. The zero-order valence-electron chi connectivity index (χ0n) is 13.1. The minimum Gasteiger partial charge on any atom is -0.490 e. The second-order valence-electron chi connectivity index (χ2n) is 5.91. The van der Waals surface area contributed by atoms with Crippen LogP contribution in [0.15, 0.2) is 42.5 Å². The highest BCUT2D eigenvalue weighted by Gasteiger charge is 2.28. The number of esters is 1. The van der Waals surface area contributed by atoms with Crippen LogP contribution in [-0.4, -0.2) is 12.1 Å². The molecule has 1 heterocycles. The molecule has 1 aliphatic heterocycles. The van der Waals surface area contributed by atoms with Crippen molar-refractivity contribution in [3.8, 4) is 11.5 Å². The van der Waals surface area contributed by atoms with Crippen molar-refractivity contribution in [1.29, 1.82) is 0 Å². The molecule has 0 saturated heterocycles. The topological polar surface area (TPSA) is 35.5 Å². The van der Waals surface area contributed by atoms with Gasteiger partial charge < -0.3 is 9.47 Å². The highest BCUT2D eigenvalue weighted by Crippen LogP contribution is 2.37. The fourth-order valence-corrected chi connectivity index (χ4v) is 2.96. The Kier molecular flexibility index (Phi) is 3.88. The van der Waals surface area contributed by atoms with Gasteiger partial charge >= 0.3 is 5.97 Å². The maximum absolute atomic E-state index is 11.0. The summed E-state index contributed by atoms with van der Waals surface area (Å²) in [4.78, 5) is 11.0. The monoisotopic (exact) mass is 296 g/mol. The summed E-state index contributed by atoms with van der Waals surface area (Å²) in [5, 5.41) is 0. The number of carbonyl (C=O) groups is 1. The molecular formula is C19H20O3. The third-order valence-electron chi connectivity index (χ3n) is 4.11. The molecule has 0 fully saturated rings. The second-order valence-corrected chi connectivity index (χ2v) is 5.91. The van der Waals surface area contributed by atoms with Crippen LogP contribution in [0, 0.1) is 6.92 Å². The molecule has 0 bridgehead atoms. The van der Waals surface area contributed by atoms with E-state index in [1.54, 1.807) is 0 Å². The normalized spacial score (nSPS) is 20.0. The Balaban J connectivity index is 1.83. The van der Waals surface area contributed by atoms with Gasteiger partial charge in [-0.05, 0) is 55.2 Å². The van der Waals surface area contributed by atoms with Crippen molar-refractivity contribution in [1.82, 2.24) is 0 Å². The summed E-state index contributed by atoms with van der Waals surface area (Å²) in [5.41, 5.74) is 3.67. The quantitative estimate of drug-likeness (QED) is 0.620. The number of aryl methyl sites for hydroxylation is 1. The summed E-state index contributed by atoms with van der Waals surface area (Å²) in [5.74, 6) is 1.59. The highest BCUT2D eigenvalue weighted by atomic mass is 16.5. The Hall–Kier alpha value is -2.29. The van der Waals surface area contributed by atoms with Crippen LogP contribution in [0.3, 0.4) is 0 Å². The van der Waals surface area contributed by atoms with Crippen LogP contribution in [0.1, 0.15) is 36.5 Å². The van der Waals surface area contributed by atoms with Crippen LogP contribution in [0.2, 0.25) is 0 Å². The molecule has 1 aliphatic rings. The number of fused-ring (bicyclic) bond motifs is 1. The maximum atomic E-state index is 11.0. The van der Waals surface area contributed by atoms with Gasteiger partial charge in [-0.25, -0.2) is 0 Å². The lowest BCUT2D eigenvalue weighted by Crippen LogP contribution is -2.28. The van der Waals surface area contributed by atoms with Gasteiger partial charge in [0.15, 0.2) is 0 Å². The molecule has 2 unspecified atom stereocenters. The van der Waals surface area contributed by atoms with Gasteiger partial charge in [0, 0.05) is 12.8 Å². The van der Waals surface area contributed by atoms with E-state index in [1.807, 2.05) is 24.3 Å². The number of ether oxygens (including phenoxy) is 2. The van der Waals surface area contributed by atoms with E-state index in [-0.39, 0.29) is 12.1 Å². The molecule has 3 rings (SSSR count). The largest absolute Gasteiger partial charge is 0.490 e. The van der Waals surface area contributed by atoms with Crippen LogP contribution in [-0.2, 0) is 11.2 Å². The number of benzene rings is 2. The molecule has 22 heavy (non-hydrogen) atoms. The Labute approximate surface area is 130 Å². The first kappa shape index (κ1) is 14.6. The molecule has 0 N–H and O–H groups in total. The van der Waals surface area contributed by atoms with Gasteiger partial charge in [0.05, 0.1) is 0 Å². The molecule has 0 radical (unpaired) electrons. The Morgan fingerprint density at radius 2 is 1.91 bits per heavy atom. The standard InChI is InChI=1S/C19H20O3/c1-12-4-5-16-11-18(13(2)21-19(16)10-12)15-6-8-17(9-7-15)22-14(3)20/h4-10,13,18H,11H2,1-3H3. The average Bonchev–Trinajstić information content (AvgIpc) is 2.47. The molecule has 0 saturated carbocycles. The van der Waals surface area contributed by atoms with Crippen molar-refractivity contribution in [2.75, 3.05) is 0 Å². The summed E-state index contributed by atoms with van der Waals surface area (Å²) in [6.07, 6.45) is 1.08. The smallest absolute Gasteiger partial charge is 0.308 e. The predicted octanol–water partition coefficient (Wildman–Crippen LogP) is 4.03. The first-order valence-corrected chi connectivity index (χ1v) is 7.57. The van der Waals surface area contributed by atoms with E-state index in [0.717, 1.165) is 12.2 Å². The molecule has 3 heteroatoms. The van der Waals surface area contributed by atoms with E-state index < -0.39 is 0 Å². The first-order chi connectivity index (χ1) is 10.5. The van der Waals surface area contributed by atoms with Gasteiger partial charge in [0.2, 0.25) is 0 Å². The molecule has 2 atom stereocenters. The maximum Gasteiger partial charge on any atom is 0.308 e. The van der Waals surface area contributed by atoms with Crippen molar-refractivity contribution < 1.29 is 14.3 Å². The fraction of sp³-hybridized carbons (Fsp3) is 0.316. The van der Waals surface area contributed by atoms with E-state index in [2.05, 4.69) is 32.0 Å². The molecule has 2 aromatic rings. The van der Waals surface area contributed by atoms with E-state index in [0.29, 0.717) is 11.7 Å². The van der Waals surface area contributed by atoms with E-state index in [9.17, 15) is 4.79 Å². The molecular weight excluding hydrogens is 276 g/mol. The zero-order valence-corrected chi connectivity index (χ0v) is 13.1. The van der Waals surface area contributed by atoms with Crippen LogP contribution in [0.4, 0.5) is 0 Å². The Morgan fingerprint density at radius 1 is 1.18 bits per heavy atom. The summed E-state index contributed by atoms with van der Waals surface area (Å²) in [6, 6.07) is 14.1. The Morgan fingerprint density at radius 3 is 2.59 bits per heavy atom. The molecule has 3 nitrogen and oxygen atoms in total. The number of rotatable bonds is 2. The van der Waals surface area contributed by atoms with Crippen LogP contribution in [0.5, 0.6) is 11.5 Å². The molecule has 0 amide bonds. The fourth-order valence-electron chi connectivity index (χ4n) is 2.96. The van der Waals surface area contributed by atoms with Crippen molar-refractivity contribution in [3.05, 3.63) is 59.2 Å². The molecule has 0 spiro atoms. The van der Waals surface area contributed by atoms with Crippen molar-refractivity contribution in [3.63, 3.8) is 0 Å². The zero-order chi connectivity index (χ0) is 15.7. The van der Waals surface area contributed by atoms with Crippen LogP contribution < -0.4 is 9.47 Å². The number of carbonyl (C=O) groups excluding carboxylic acids is 1.